The van der Waals surface area contributed by atoms with Gasteiger partial charge in [-0.05, 0) is 50.5 Å². The zero-order valence-corrected chi connectivity index (χ0v) is 22.3. The van der Waals surface area contributed by atoms with Crippen molar-refractivity contribution >= 4 is 29.7 Å². The first kappa shape index (κ1) is 28.6. The van der Waals surface area contributed by atoms with E-state index in [9.17, 15) is 13.6 Å². The highest BCUT2D eigenvalue weighted by Crippen LogP contribution is 2.44. The number of urea groups is 1. The van der Waals surface area contributed by atoms with E-state index in [1.54, 1.807) is 11.1 Å². The summed E-state index contributed by atoms with van der Waals surface area (Å²) in [7, 11) is 0. The number of carbonyl (C=O) groups excluding carboxylic acids is 1. The summed E-state index contributed by atoms with van der Waals surface area (Å²) in [5.41, 5.74) is 8.08. The Labute approximate surface area is 220 Å². The Hall–Kier alpha value is -2.98. The van der Waals surface area contributed by atoms with Crippen LogP contribution in [0.15, 0.2) is 63.2 Å². The Morgan fingerprint density at radius 2 is 2.11 bits per heavy atom. The maximum Gasteiger partial charge on any atom is 0.321 e. The van der Waals surface area contributed by atoms with Crippen LogP contribution in [0.1, 0.15) is 47.0 Å². The van der Waals surface area contributed by atoms with Crippen LogP contribution in [0.4, 0.5) is 13.6 Å². The molecule has 0 saturated carbocycles. The molecule has 202 valence electrons. The van der Waals surface area contributed by atoms with Crippen LogP contribution >= 0.6 is 11.6 Å². The van der Waals surface area contributed by atoms with Gasteiger partial charge >= 0.3 is 6.03 Å². The molecular weight excluding hydrogens is 504 g/mol. The molecule has 2 heterocycles. The molecule has 0 aromatic carbocycles. The van der Waals surface area contributed by atoms with Crippen LogP contribution in [0.3, 0.4) is 0 Å². The van der Waals surface area contributed by atoms with Crippen molar-refractivity contribution in [2.24, 2.45) is 10.7 Å². The third kappa shape index (κ3) is 6.13. The number of nitrogens with one attached hydrogen (secondary N) is 2. The summed E-state index contributed by atoms with van der Waals surface area (Å²) in [6.45, 7) is 7.11. The van der Waals surface area contributed by atoms with E-state index in [-0.39, 0.29) is 36.2 Å². The summed E-state index contributed by atoms with van der Waals surface area (Å²) in [6, 6.07) is -0.320. The number of hydrogen-bond donors (Lipinski definition) is 4. The average Bonchev–Trinajstić information content (AvgIpc) is 2.84. The van der Waals surface area contributed by atoms with Gasteiger partial charge in [0.15, 0.2) is 0 Å². The molecule has 2 atom stereocenters. The van der Waals surface area contributed by atoms with Gasteiger partial charge in [-0.3, -0.25) is 10.4 Å². The van der Waals surface area contributed by atoms with Gasteiger partial charge in [-0.25, -0.2) is 13.6 Å². The summed E-state index contributed by atoms with van der Waals surface area (Å²) in [5.74, 6) is -3.38. The van der Waals surface area contributed by atoms with Crippen LogP contribution in [0.25, 0.3) is 0 Å². The Morgan fingerprint density at radius 3 is 2.65 bits per heavy atom. The minimum absolute atomic E-state index is 0.0184. The first-order valence-corrected chi connectivity index (χ1v) is 12.4. The molecule has 3 aliphatic rings. The highest BCUT2D eigenvalue weighted by atomic mass is 35.5. The monoisotopic (exact) mass is 537 g/mol. The lowest BCUT2D eigenvalue weighted by atomic mass is 9.80. The largest absolute Gasteiger partial charge is 0.425 e. The van der Waals surface area contributed by atoms with E-state index in [0.717, 1.165) is 11.1 Å². The van der Waals surface area contributed by atoms with Crippen molar-refractivity contribution in [2.75, 3.05) is 19.7 Å². The third-order valence-corrected chi connectivity index (χ3v) is 7.36. The molecule has 2 unspecified atom stereocenters. The van der Waals surface area contributed by atoms with Gasteiger partial charge < -0.3 is 25.8 Å². The number of nitrogens with zero attached hydrogens (tertiary/aromatic N) is 2. The topological polar surface area (TPSA) is 124 Å². The van der Waals surface area contributed by atoms with Crippen LogP contribution in [0, 0.1) is 5.41 Å². The van der Waals surface area contributed by atoms with Crippen LogP contribution in [0.5, 0.6) is 0 Å². The van der Waals surface area contributed by atoms with E-state index >= 15 is 0 Å². The number of dihydropyridines is 1. The van der Waals surface area contributed by atoms with Crippen molar-refractivity contribution in [1.82, 2.24) is 10.2 Å². The predicted octanol–water partition coefficient (Wildman–Crippen LogP) is 4.53. The van der Waals surface area contributed by atoms with Gasteiger partial charge in [-0.2, -0.15) is 0 Å². The van der Waals surface area contributed by atoms with Crippen LogP contribution in [-0.2, 0) is 4.74 Å². The summed E-state index contributed by atoms with van der Waals surface area (Å²) in [5, 5.41) is 19.2. The number of carbonyl (C=O) groups is 1. The van der Waals surface area contributed by atoms with E-state index in [1.165, 1.54) is 26.0 Å². The average molecular weight is 538 g/mol. The number of halogens is 3. The highest BCUT2D eigenvalue weighted by Gasteiger charge is 2.44. The van der Waals surface area contributed by atoms with E-state index < -0.39 is 22.9 Å². The predicted molar refractivity (Wildman–Crippen MR) is 141 cm³/mol. The maximum absolute atomic E-state index is 14.3. The molecule has 3 rings (SSSR count). The molecule has 11 heteroatoms. The Bertz CT molecular complexity index is 1150. The summed E-state index contributed by atoms with van der Waals surface area (Å²) in [4.78, 5) is 17.9. The third-order valence-electron chi connectivity index (χ3n) is 7.03. The van der Waals surface area contributed by atoms with E-state index in [1.807, 2.05) is 26.0 Å². The fourth-order valence-electron chi connectivity index (χ4n) is 4.57. The lowest BCUT2D eigenvalue weighted by Crippen LogP contribution is -2.45. The quantitative estimate of drug-likeness (QED) is 0.131. The van der Waals surface area contributed by atoms with Crippen molar-refractivity contribution < 1.29 is 23.4 Å². The summed E-state index contributed by atoms with van der Waals surface area (Å²) >= 11 is 6.44. The van der Waals surface area contributed by atoms with E-state index in [4.69, 9.17) is 37.6 Å². The Balaban J connectivity index is 1.68. The number of aliphatic imine (C=N–C) groups is 1. The normalized spacial score (nSPS) is 27.5. The number of aliphatic hydroxyl groups excluding tert-OH is 1. The van der Waals surface area contributed by atoms with Crippen molar-refractivity contribution in [1.29, 1.82) is 5.41 Å². The molecule has 0 radical (unpaired) electrons. The van der Waals surface area contributed by atoms with Gasteiger partial charge in [0.05, 0.1) is 16.0 Å². The zero-order chi connectivity index (χ0) is 27.6. The van der Waals surface area contributed by atoms with Gasteiger partial charge in [0.25, 0.3) is 5.92 Å². The van der Waals surface area contributed by atoms with Gasteiger partial charge in [-0.15, -0.1) is 11.6 Å². The van der Waals surface area contributed by atoms with Crippen molar-refractivity contribution in [3.05, 3.63) is 58.2 Å². The summed E-state index contributed by atoms with van der Waals surface area (Å²) < 4.78 is 33.6. The smallest absolute Gasteiger partial charge is 0.321 e. The molecule has 8 nitrogen and oxygen atoms in total. The zero-order valence-electron chi connectivity index (χ0n) is 21.5. The number of amides is 2. The molecule has 0 saturated heterocycles. The highest BCUT2D eigenvalue weighted by molar-refractivity contribution is 6.26. The first-order valence-electron chi connectivity index (χ1n) is 12.1. The minimum Gasteiger partial charge on any atom is -0.425 e. The van der Waals surface area contributed by atoms with Gasteiger partial charge in [-0.1, -0.05) is 19.1 Å². The number of ether oxygens (including phenoxy) is 1. The number of allylic oxidation sites excluding steroid dienone is 6. The lowest BCUT2D eigenvalue weighted by Gasteiger charge is -2.37. The maximum atomic E-state index is 14.3. The lowest BCUT2D eigenvalue weighted by molar-refractivity contribution is 0.0295. The molecule has 2 amide bonds. The number of alkyl halides is 3. The Morgan fingerprint density at radius 1 is 1.41 bits per heavy atom. The first-order chi connectivity index (χ1) is 17.2. The Kier molecular flexibility index (Phi) is 8.34. The molecule has 0 bridgehead atoms. The van der Waals surface area contributed by atoms with Crippen LogP contribution in [-0.4, -0.2) is 64.2 Å². The van der Waals surface area contributed by atoms with Gasteiger partial charge in [0.2, 0.25) is 11.8 Å². The van der Waals surface area contributed by atoms with Crippen molar-refractivity contribution in [3.8, 4) is 0 Å². The van der Waals surface area contributed by atoms with Gasteiger partial charge in [0.1, 0.15) is 6.61 Å². The fourth-order valence-corrected chi connectivity index (χ4v) is 4.91. The number of aliphatic hydroxyl groups is 1. The minimum atomic E-state index is -3.00. The molecule has 0 spiro atoms. The molecule has 37 heavy (non-hydrogen) atoms. The van der Waals surface area contributed by atoms with Crippen LogP contribution < -0.4 is 11.1 Å². The number of nitrogens with two attached hydrogens (primary N) is 1. The number of rotatable bonds is 6. The molecule has 0 aromatic rings. The van der Waals surface area contributed by atoms with Crippen LogP contribution in [0.2, 0.25) is 0 Å². The molecule has 5 N–H and O–H groups in total. The number of hydrogen-bond acceptors (Lipinski definition) is 6. The second-order valence-corrected chi connectivity index (χ2v) is 10.6. The standard InChI is InChI=1S/C26H34ClF2N5O3/c1-5-26(28,29)20-7-6-19(13-24(20,3)27)33-23(36)34-10-8-18(9-11-34)25(4)16(2)12-17(14-32-25)22(31)37-21(30)15-35/h6-8,12,14,30,35H,5,9-11,13,15,31H2,1-4H3,(H,33,36). The molecule has 0 aromatic heterocycles. The fraction of sp³-hybridized carbons (Fsp3) is 0.500. The van der Waals surface area contributed by atoms with E-state index in [2.05, 4.69) is 5.32 Å². The van der Waals surface area contributed by atoms with Gasteiger partial charge in [0, 0.05) is 43.4 Å². The second kappa shape index (κ2) is 10.8. The SMILES string of the molecule is CCC(F)(F)C1=CC=C(NC(=O)N2CC=C(C3(C)N=CC(=C(N)OC(=N)CO)C=C3C)CC2)CC1(C)Cl. The summed E-state index contributed by atoms with van der Waals surface area (Å²) in [6.07, 6.45) is 8.53. The molecule has 1 aliphatic carbocycles. The molecular formula is C26H34ClF2N5O3. The van der Waals surface area contributed by atoms with Crippen molar-refractivity contribution in [2.45, 2.75) is 63.3 Å². The second-order valence-electron chi connectivity index (χ2n) is 9.72. The van der Waals surface area contributed by atoms with Crippen molar-refractivity contribution in [3.63, 3.8) is 0 Å². The molecule has 0 fully saturated rings. The molecule has 2 aliphatic heterocycles. The van der Waals surface area contributed by atoms with E-state index in [0.29, 0.717) is 30.8 Å².